The van der Waals surface area contributed by atoms with Crippen LogP contribution < -0.4 is 0 Å². The first-order valence-electron chi connectivity index (χ1n) is 4.44. The summed E-state index contributed by atoms with van der Waals surface area (Å²) in [6, 6.07) is 0. The zero-order valence-corrected chi connectivity index (χ0v) is 7.39. The van der Waals surface area contributed by atoms with Crippen LogP contribution >= 0.6 is 0 Å². The summed E-state index contributed by atoms with van der Waals surface area (Å²) in [4.78, 5) is 11.3. The summed E-state index contributed by atoms with van der Waals surface area (Å²) >= 11 is 0. The van der Waals surface area contributed by atoms with Crippen LogP contribution in [0, 0.1) is 5.92 Å². The van der Waals surface area contributed by atoms with Gasteiger partial charge in [0.2, 0.25) is 0 Å². The van der Waals surface area contributed by atoms with E-state index in [9.17, 15) is 4.79 Å². The molecule has 0 aliphatic heterocycles. The molecule has 0 atom stereocenters. The minimum atomic E-state index is 0.380. The molecule has 0 aromatic heterocycles. The van der Waals surface area contributed by atoms with Gasteiger partial charge in [-0.05, 0) is 30.8 Å². The summed E-state index contributed by atoms with van der Waals surface area (Å²) in [6.45, 7) is 4.24. The van der Waals surface area contributed by atoms with Crippen LogP contribution in [0.2, 0.25) is 0 Å². The molecule has 1 aliphatic rings. The molecule has 0 aromatic carbocycles. The van der Waals surface area contributed by atoms with Crippen LogP contribution in [0.15, 0.2) is 11.6 Å². The molecule has 1 nitrogen and oxygen atoms in total. The number of hydrogen-bond donors (Lipinski definition) is 0. The van der Waals surface area contributed by atoms with E-state index in [1.807, 2.05) is 0 Å². The third kappa shape index (κ3) is 2.49. The minimum Gasteiger partial charge on any atom is -0.295 e. The summed E-state index contributed by atoms with van der Waals surface area (Å²) in [5.41, 5.74) is 1.08. The number of ketones is 1. The summed E-state index contributed by atoms with van der Waals surface area (Å²) in [5, 5.41) is 0. The first kappa shape index (κ1) is 8.51. The van der Waals surface area contributed by atoms with Crippen molar-refractivity contribution in [1.82, 2.24) is 0 Å². The second-order valence-electron chi connectivity index (χ2n) is 3.57. The van der Waals surface area contributed by atoms with Crippen molar-refractivity contribution in [1.29, 1.82) is 0 Å². The molecule has 1 aliphatic carbocycles. The zero-order valence-electron chi connectivity index (χ0n) is 7.39. The monoisotopic (exact) mass is 152 g/mol. The molecule has 0 spiro atoms. The number of carbonyl (C=O) groups excluding carboxylic acids is 1. The Morgan fingerprint density at radius 2 is 1.91 bits per heavy atom. The highest BCUT2D eigenvalue weighted by molar-refractivity contribution is 5.95. The lowest BCUT2D eigenvalue weighted by Gasteiger charge is -2.13. The van der Waals surface area contributed by atoms with Crippen LogP contribution in [-0.4, -0.2) is 5.78 Å². The standard InChI is InChI=1S/C10H16O/c1-8(2)7-9-5-3-4-6-10(9)11/h7-8H,3-6H2,1-2H3/b9-7-. The largest absolute Gasteiger partial charge is 0.295 e. The Labute approximate surface area is 68.5 Å². The average Bonchev–Trinajstić information content (AvgIpc) is 1.93. The predicted octanol–water partition coefficient (Wildman–Crippen LogP) is 2.71. The highest BCUT2D eigenvalue weighted by Crippen LogP contribution is 2.20. The molecule has 0 unspecified atom stereocenters. The van der Waals surface area contributed by atoms with Gasteiger partial charge < -0.3 is 0 Å². The first-order chi connectivity index (χ1) is 5.20. The van der Waals surface area contributed by atoms with Crippen molar-refractivity contribution < 1.29 is 4.79 Å². The van der Waals surface area contributed by atoms with Crippen LogP contribution in [0.1, 0.15) is 39.5 Å². The van der Waals surface area contributed by atoms with Gasteiger partial charge in [0.15, 0.2) is 5.78 Å². The van der Waals surface area contributed by atoms with E-state index in [4.69, 9.17) is 0 Å². The molecular formula is C10H16O. The number of allylic oxidation sites excluding steroid dienone is 2. The predicted molar refractivity (Wildman–Crippen MR) is 46.4 cm³/mol. The Morgan fingerprint density at radius 1 is 1.27 bits per heavy atom. The van der Waals surface area contributed by atoms with Gasteiger partial charge in [0.05, 0.1) is 0 Å². The van der Waals surface area contributed by atoms with E-state index in [1.54, 1.807) is 0 Å². The summed E-state index contributed by atoms with van der Waals surface area (Å²) in [7, 11) is 0. The molecule has 0 amide bonds. The number of carbonyl (C=O) groups is 1. The van der Waals surface area contributed by atoms with Crippen molar-refractivity contribution in [3.8, 4) is 0 Å². The highest BCUT2D eigenvalue weighted by Gasteiger charge is 2.14. The van der Waals surface area contributed by atoms with Gasteiger partial charge >= 0.3 is 0 Å². The molecule has 1 fully saturated rings. The van der Waals surface area contributed by atoms with Crippen molar-refractivity contribution >= 4 is 5.78 Å². The first-order valence-corrected chi connectivity index (χ1v) is 4.44. The van der Waals surface area contributed by atoms with E-state index >= 15 is 0 Å². The maximum Gasteiger partial charge on any atom is 0.158 e. The third-order valence-corrected chi connectivity index (χ3v) is 1.99. The van der Waals surface area contributed by atoms with Crippen LogP contribution in [0.5, 0.6) is 0 Å². The van der Waals surface area contributed by atoms with E-state index in [0.717, 1.165) is 24.8 Å². The van der Waals surface area contributed by atoms with Gasteiger partial charge in [-0.2, -0.15) is 0 Å². The Morgan fingerprint density at radius 3 is 2.45 bits per heavy atom. The molecule has 1 rings (SSSR count). The molecule has 0 heterocycles. The average molecular weight is 152 g/mol. The van der Waals surface area contributed by atoms with E-state index in [2.05, 4.69) is 19.9 Å². The van der Waals surface area contributed by atoms with Gasteiger partial charge in [0.1, 0.15) is 0 Å². The van der Waals surface area contributed by atoms with E-state index in [0.29, 0.717) is 11.7 Å². The van der Waals surface area contributed by atoms with Gasteiger partial charge in [0, 0.05) is 6.42 Å². The molecule has 62 valence electrons. The summed E-state index contributed by atoms with van der Waals surface area (Å²) in [6.07, 6.45) is 6.19. The van der Waals surface area contributed by atoms with Crippen LogP contribution in [0.25, 0.3) is 0 Å². The Kier molecular flexibility index (Phi) is 2.86. The molecule has 0 bridgehead atoms. The quantitative estimate of drug-likeness (QED) is 0.528. The molecular weight excluding hydrogens is 136 g/mol. The maximum atomic E-state index is 11.3. The summed E-state index contributed by atoms with van der Waals surface area (Å²) in [5.74, 6) is 0.900. The molecule has 0 N–H and O–H groups in total. The lowest BCUT2D eigenvalue weighted by molar-refractivity contribution is -0.116. The van der Waals surface area contributed by atoms with E-state index in [-0.39, 0.29) is 0 Å². The SMILES string of the molecule is CC(C)/C=C1/CCCCC1=O. The maximum absolute atomic E-state index is 11.3. The van der Waals surface area contributed by atoms with Crippen LogP contribution in [0.4, 0.5) is 0 Å². The fourth-order valence-corrected chi connectivity index (χ4v) is 1.48. The molecule has 1 saturated carbocycles. The molecule has 0 radical (unpaired) electrons. The van der Waals surface area contributed by atoms with Gasteiger partial charge in [-0.25, -0.2) is 0 Å². The zero-order chi connectivity index (χ0) is 8.27. The van der Waals surface area contributed by atoms with E-state index < -0.39 is 0 Å². The number of Topliss-reactive ketones (excluding diaryl/α,β-unsaturated/α-hetero) is 1. The lowest BCUT2D eigenvalue weighted by Crippen LogP contribution is -2.09. The Bertz CT molecular complexity index is 177. The van der Waals surface area contributed by atoms with Crippen molar-refractivity contribution in [3.63, 3.8) is 0 Å². The number of hydrogen-bond acceptors (Lipinski definition) is 1. The Balaban J connectivity index is 2.61. The lowest BCUT2D eigenvalue weighted by atomic mass is 9.91. The smallest absolute Gasteiger partial charge is 0.158 e. The van der Waals surface area contributed by atoms with Gasteiger partial charge in [-0.15, -0.1) is 0 Å². The normalized spacial score (nSPS) is 23.2. The van der Waals surface area contributed by atoms with Gasteiger partial charge in [-0.3, -0.25) is 4.79 Å². The van der Waals surface area contributed by atoms with Crippen molar-refractivity contribution in [3.05, 3.63) is 11.6 Å². The van der Waals surface area contributed by atoms with Crippen LogP contribution in [-0.2, 0) is 4.79 Å². The fraction of sp³-hybridized carbons (Fsp3) is 0.700. The van der Waals surface area contributed by atoms with Crippen molar-refractivity contribution in [2.24, 2.45) is 5.92 Å². The molecule has 0 saturated heterocycles. The molecule has 1 heteroatoms. The molecule has 0 aromatic rings. The summed E-state index contributed by atoms with van der Waals surface area (Å²) < 4.78 is 0. The van der Waals surface area contributed by atoms with Gasteiger partial charge in [0.25, 0.3) is 0 Å². The van der Waals surface area contributed by atoms with Gasteiger partial charge in [-0.1, -0.05) is 19.9 Å². The second kappa shape index (κ2) is 3.70. The van der Waals surface area contributed by atoms with Crippen molar-refractivity contribution in [2.45, 2.75) is 39.5 Å². The number of rotatable bonds is 1. The molecule has 11 heavy (non-hydrogen) atoms. The van der Waals surface area contributed by atoms with Crippen molar-refractivity contribution in [2.75, 3.05) is 0 Å². The van der Waals surface area contributed by atoms with Crippen LogP contribution in [0.3, 0.4) is 0 Å². The Hall–Kier alpha value is -0.590. The highest BCUT2D eigenvalue weighted by atomic mass is 16.1. The second-order valence-corrected chi connectivity index (χ2v) is 3.57. The van der Waals surface area contributed by atoms with E-state index in [1.165, 1.54) is 6.42 Å². The fourth-order valence-electron chi connectivity index (χ4n) is 1.48. The minimum absolute atomic E-state index is 0.380. The topological polar surface area (TPSA) is 17.1 Å². The third-order valence-electron chi connectivity index (χ3n) is 1.99.